The molecule has 17 nitrogen and oxygen atoms in total. The summed E-state index contributed by atoms with van der Waals surface area (Å²) in [7, 11) is 0. The molecule has 0 unspecified atom stereocenters. The molecule has 0 radical (unpaired) electrons. The number of benzene rings is 2. The van der Waals surface area contributed by atoms with Gasteiger partial charge in [0.15, 0.2) is 11.9 Å². The summed E-state index contributed by atoms with van der Waals surface area (Å²) >= 11 is 0. The summed E-state index contributed by atoms with van der Waals surface area (Å²) < 4.78 is 0. The van der Waals surface area contributed by atoms with E-state index < -0.39 is 35.8 Å². The highest BCUT2D eigenvalue weighted by Gasteiger charge is 2.29. The van der Waals surface area contributed by atoms with Crippen LogP contribution in [0.3, 0.4) is 0 Å². The number of nitrogens with two attached hydrogens (primary N) is 6. The van der Waals surface area contributed by atoms with Gasteiger partial charge in [-0.05, 0) is 62.6 Å². The number of nitrogens with one attached hydrogen (secondary N) is 5. The van der Waals surface area contributed by atoms with Crippen LogP contribution in [0, 0.1) is 5.41 Å². The average Bonchev–Trinajstić information content (AvgIpc) is 3.09. The summed E-state index contributed by atoms with van der Waals surface area (Å²) in [4.78, 5) is 61.7. The second-order valence-corrected chi connectivity index (χ2v) is 11.9. The Bertz CT molecular complexity index is 1470. The molecule has 2 aromatic carbocycles. The van der Waals surface area contributed by atoms with E-state index in [2.05, 4.69) is 31.3 Å². The molecular weight excluding hydrogens is 654 g/mol. The molecule has 3 atom stereocenters. The molecule has 2 rings (SSSR count). The van der Waals surface area contributed by atoms with E-state index in [4.69, 9.17) is 39.8 Å². The zero-order valence-electron chi connectivity index (χ0n) is 28.9. The minimum absolute atomic E-state index is 0.0520. The lowest BCUT2D eigenvalue weighted by Gasteiger charge is -2.25. The first-order chi connectivity index (χ1) is 24.4. The van der Waals surface area contributed by atoms with Crippen LogP contribution in [-0.2, 0) is 32.1 Å². The molecule has 0 fully saturated rings. The fraction of sp³-hybridized carbons (Fsp3) is 0.441. The van der Waals surface area contributed by atoms with Gasteiger partial charge in [-0.1, -0.05) is 54.6 Å². The normalized spacial score (nSPS) is 12.3. The third-order valence-corrected chi connectivity index (χ3v) is 7.69. The highest BCUT2D eigenvalue weighted by atomic mass is 16.2. The number of rotatable bonds is 23. The number of aliphatic imine (C=N–C) groups is 2. The summed E-state index contributed by atoms with van der Waals surface area (Å²) in [5.74, 6) is -2.25. The van der Waals surface area contributed by atoms with Gasteiger partial charge in [0.05, 0.1) is 6.42 Å². The van der Waals surface area contributed by atoms with Crippen molar-refractivity contribution in [1.82, 2.24) is 21.3 Å². The summed E-state index contributed by atoms with van der Waals surface area (Å²) in [5.41, 5.74) is 35.1. The highest BCUT2D eigenvalue weighted by molar-refractivity contribution is 5.95. The van der Waals surface area contributed by atoms with Crippen LogP contribution in [0.15, 0.2) is 64.6 Å². The van der Waals surface area contributed by atoms with Gasteiger partial charge >= 0.3 is 0 Å². The number of hydrogen-bond acceptors (Lipinski definition) is 8. The smallest absolute Gasteiger partial charge is 0.243 e. The first-order valence-corrected chi connectivity index (χ1v) is 16.9. The SMILES string of the molecule is N=C(N)c1ccc(CNC(=O)[C@H](CCCN=C(N)N)NC(=O)[C@H](CCCCN)NC(=O)[C@H](CCCN=C(N)N)NC(=O)Cc2ccccc2)cc1. The maximum absolute atomic E-state index is 13.8. The summed E-state index contributed by atoms with van der Waals surface area (Å²) in [5, 5.41) is 18.7. The van der Waals surface area contributed by atoms with E-state index >= 15 is 0 Å². The number of guanidine groups is 2. The molecule has 2 aromatic rings. The van der Waals surface area contributed by atoms with Gasteiger partial charge in [0, 0.05) is 25.2 Å². The van der Waals surface area contributed by atoms with Crippen molar-refractivity contribution in [1.29, 1.82) is 5.41 Å². The van der Waals surface area contributed by atoms with E-state index in [-0.39, 0.29) is 69.0 Å². The fourth-order valence-corrected chi connectivity index (χ4v) is 4.99. The molecule has 0 aliphatic rings. The lowest BCUT2D eigenvalue weighted by atomic mass is 10.0. The molecule has 0 aliphatic heterocycles. The van der Waals surface area contributed by atoms with E-state index in [0.29, 0.717) is 37.8 Å². The predicted octanol–water partition coefficient (Wildman–Crippen LogP) is -1.48. The van der Waals surface area contributed by atoms with Gasteiger partial charge in [-0.15, -0.1) is 0 Å². The van der Waals surface area contributed by atoms with Gasteiger partial charge < -0.3 is 55.7 Å². The van der Waals surface area contributed by atoms with Crippen molar-refractivity contribution >= 4 is 41.4 Å². The van der Waals surface area contributed by atoms with Crippen molar-refractivity contribution in [2.45, 2.75) is 76.0 Å². The second-order valence-electron chi connectivity index (χ2n) is 11.9. The third kappa shape index (κ3) is 17.0. The summed E-state index contributed by atoms with van der Waals surface area (Å²) in [6, 6.07) is 12.9. The largest absolute Gasteiger partial charge is 0.384 e. The van der Waals surface area contributed by atoms with E-state index in [1.807, 2.05) is 18.2 Å². The molecule has 278 valence electrons. The van der Waals surface area contributed by atoms with Crippen molar-refractivity contribution < 1.29 is 19.2 Å². The van der Waals surface area contributed by atoms with Crippen molar-refractivity contribution in [2.24, 2.45) is 44.4 Å². The number of hydrogen-bond donors (Lipinski definition) is 11. The Morgan fingerprint density at radius 3 is 1.65 bits per heavy atom. The van der Waals surface area contributed by atoms with Gasteiger partial charge in [-0.25, -0.2) is 0 Å². The van der Waals surface area contributed by atoms with Crippen molar-refractivity contribution in [3.8, 4) is 0 Å². The number of amidine groups is 1. The van der Waals surface area contributed by atoms with E-state index in [0.717, 1.165) is 11.1 Å². The Morgan fingerprint density at radius 2 is 1.14 bits per heavy atom. The van der Waals surface area contributed by atoms with Gasteiger partial charge in [0.1, 0.15) is 24.0 Å². The molecule has 0 saturated carbocycles. The van der Waals surface area contributed by atoms with Gasteiger partial charge in [-0.2, -0.15) is 0 Å². The minimum atomic E-state index is -1.04. The Labute approximate surface area is 298 Å². The third-order valence-electron chi connectivity index (χ3n) is 7.69. The number of amides is 4. The first-order valence-electron chi connectivity index (χ1n) is 16.9. The topological polar surface area (TPSA) is 321 Å². The van der Waals surface area contributed by atoms with Gasteiger partial charge in [0.2, 0.25) is 23.6 Å². The zero-order valence-corrected chi connectivity index (χ0v) is 28.9. The van der Waals surface area contributed by atoms with Crippen LogP contribution < -0.4 is 55.7 Å². The monoisotopic (exact) mass is 707 g/mol. The Morgan fingerprint density at radius 1 is 0.627 bits per heavy atom. The van der Waals surface area contributed by atoms with Crippen LogP contribution in [0.1, 0.15) is 61.6 Å². The van der Waals surface area contributed by atoms with E-state index in [1.165, 1.54) is 0 Å². The van der Waals surface area contributed by atoms with Crippen LogP contribution in [0.2, 0.25) is 0 Å². The van der Waals surface area contributed by atoms with Crippen molar-refractivity contribution in [3.05, 3.63) is 71.3 Å². The zero-order chi connectivity index (χ0) is 37.6. The molecule has 0 saturated heterocycles. The van der Waals surface area contributed by atoms with Gasteiger partial charge in [0.25, 0.3) is 0 Å². The fourth-order valence-electron chi connectivity index (χ4n) is 4.99. The van der Waals surface area contributed by atoms with E-state index in [9.17, 15) is 19.2 Å². The molecule has 0 heterocycles. The number of nitrogens with zero attached hydrogens (tertiary/aromatic N) is 2. The number of carbonyl (C=O) groups is 4. The molecule has 17 N–H and O–H groups in total. The first kappa shape index (κ1) is 41.5. The van der Waals surface area contributed by atoms with Crippen LogP contribution in [0.25, 0.3) is 0 Å². The van der Waals surface area contributed by atoms with E-state index in [1.54, 1.807) is 36.4 Å². The maximum Gasteiger partial charge on any atom is 0.243 e. The molecule has 0 spiro atoms. The summed E-state index contributed by atoms with van der Waals surface area (Å²) in [6.07, 6.45) is 2.55. The molecule has 0 aliphatic carbocycles. The van der Waals surface area contributed by atoms with Crippen LogP contribution in [0.5, 0.6) is 0 Å². The Kier molecular flexibility index (Phi) is 18.6. The molecule has 51 heavy (non-hydrogen) atoms. The predicted molar refractivity (Wildman–Crippen MR) is 198 cm³/mol. The molecule has 0 bridgehead atoms. The quantitative estimate of drug-likeness (QED) is 0.0361. The lowest BCUT2D eigenvalue weighted by molar-refractivity contribution is -0.134. The standard InChI is InChI=1S/C34H53N13O4/c35-17-5-4-10-27(47-31(50)26(12-7-19-43-34(40)41)45-28(48)20-22-8-2-1-3-9-22)32(51)46-25(11-6-18-42-33(38)39)30(49)44-21-23-13-15-24(16-14-23)29(36)37/h1-3,8-9,13-16,25-27H,4-7,10-12,17-21,35H2,(H3,36,37)(H,44,49)(H,45,48)(H,46,51)(H,47,50)(H4,38,39,42)(H4,40,41,43)/t25-,26-,27-/m0/s1. The summed E-state index contributed by atoms with van der Waals surface area (Å²) in [6.45, 7) is 1.00. The minimum Gasteiger partial charge on any atom is -0.384 e. The molecule has 0 aromatic heterocycles. The molecular formula is C34H53N13O4. The van der Waals surface area contributed by atoms with Crippen LogP contribution in [0.4, 0.5) is 0 Å². The van der Waals surface area contributed by atoms with Crippen molar-refractivity contribution in [3.63, 3.8) is 0 Å². The number of carbonyl (C=O) groups excluding carboxylic acids is 4. The highest BCUT2D eigenvalue weighted by Crippen LogP contribution is 2.09. The van der Waals surface area contributed by atoms with Crippen LogP contribution >= 0.6 is 0 Å². The second kappa shape index (κ2) is 22.8. The van der Waals surface area contributed by atoms with Crippen molar-refractivity contribution in [2.75, 3.05) is 19.6 Å². The average molecular weight is 708 g/mol. The Hall–Kier alpha value is -5.71. The van der Waals surface area contributed by atoms with Crippen LogP contribution in [-0.4, -0.2) is 79.1 Å². The molecule has 17 heteroatoms. The number of nitrogen functional groups attached to an aromatic ring is 1. The number of unbranched alkanes of at least 4 members (excludes halogenated alkanes) is 1. The Balaban J connectivity index is 2.22. The maximum atomic E-state index is 13.8. The lowest BCUT2D eigenvalue weighted by Crippen LogP contribution is -2.56. The molecule has 4 amide bonds. The van der Waals surface area contributed by atoms with Gasteiger partial charge in [-0.3, -0.25) is 34.6 Å².